The van der Waals surface area contributed by atoms with Crippen LogP contribution in [0.4, 0.5) is 5.00 Å². The summed E-state index contributed by atoms with van der Waals surface area (Å²) in [5, 5.41) is 3.30. The summed E-state index contributed by atoms with van der Waals surface area (Å²) in [6, 6.07) is 7.12. The van der Waals surface area contributed by atoms with E-state index in [1.165, 1.54) is 11.3 Å². The molecular formula is C15H15BrN2O2S. The van der Waals surface area contributed by atoms with Crippen LogP contribution in [0.15, 0.2) is 28.7 Å². The first-order valence-corrected chi connectivity index (χ1v) is 8.04. The molecule has 6 heteroatoms. The largest absolute Gasteiger partial charge is 0.365 e. The minimum atomic E-state index is -0.515. The number of amides is 2. The van der Waals surface area contributed by atoms with Gasteiger partial charge in [-0.05, 0) is 47.0 Å². The molecule has 0 fully saturated rings. The Morgan fingerprint density at radius 3 is 2.57 bits per heavy atom. The molecule has 1 aromatic heterocycles. The Balaban J connectivity index is 2.38. The molecule has 1 aromatic carbocycles. The number of hydrogen-bond acceptors (Lipinski definition) is 3. The van der Waals surface area contributed by atoms with Crippen molar-refractivity contribution in [2.24, 2.45) is 5.73 Å². The van der Waals surface area contributed by atoms with Crippen LogP contribution >= 0.6 is 27.3 Å². The Morgan fingerprint density at radius 2 is 2.00 bits per heavy atom. The van der Waals surface area contributed by atoms with Crippen molar-refractivity contribution in [1.29, 1.82) is 0 Å². The molecule has 0 spiro atoms. The van der Waals surface area contributed by atoms with Crippen molar-refractivity contribution < 1.29 is 9.59 Å². The minimum absolute atomic E-state index is 0.270. The Kier molecular flexibility index (Phi) is 4.80. The van der Waals surface area contributed by atoms with Gasteiger partial charge in [0.1, 0.15) is 5.00 Å². The molecule has 1 heterocycles. The number of thiophene rings is 1. The third-order valence-electron chi connectivity index (χ3n) is 3.15. The van der Waals surface area contributed by atoms with Crippen LogP contribution in [0.1, 0.15) is 38.1 Å². The van der Waals surface area contributed by atoms with Crippen molar-refractivity contribution in [2.75, 3.05) is 5.32 Å². The SMILES string of the molecule is CCc1c(C)sc(NC(=O)c2ccccc2Br)c1C(N)=O. The molecule has 2 rings (SSSR count). The molecule has 0 aliphatic rings. The number of primary amides is 1. The van der Waals surface area contributed by atoms with Crippen molar-refractivity contribution in [3.8, 4) is 0 Å². The molecule has 0 saturated heterocycles. The molecule has 21 heavy (non-hydrogen) atoms. The zero-order valence-corrected chi connectivity index (χ0v) is 14.1. The van der Waals surface area contributed by atoms with Crippen molar-refractivity contribution in [3.05, 3.63) is 50.3 Å². The van der Waals surface area contributed by atoms with Crippen molar-refractivity contribution in [2.45, 2.75) is 20.3 Å². The van der Waals surface area contributed by atoms with Gasteiger partial charge in [-0.1, -0.05) is 19.1 Å². The van der Waals surface area contributed by atoms with E-state index in [9.17, 15) is 9.59 Å². The predicted octanol–water partition coefficient (Wildman–Crippen LogP) is 3.73. The van der Waals surface area contributed by atoms with E-state index >= 15 is 0 Å². The summed E-state index contributed by atoms with van der Waals surface area (Å²) >= 11 is 4.72. The third kappa shape index (κ3) is 3.16. The lowest BCUT2D eigenvalue weighted by Gasteiger charge is -2.07. The van der Waals surface area contributed by atoms with E-state index in [-0.39, 0.29) is 5.91 Å². The van der Waals surface area contributed by atoms with Gasteiger partial charge in [-0.15, -0.1) is 11.3 Å². The molecule has 0 aliphatic carbocycles. The van der Waals surface area contributed by atoms with E-state index in [4.69, 9.17) is 5.73 Å². The fourth-order valence-corrected chi connectivity index (χ4v) is 3.78. The molecule has 0 atom stereocenters. The Hall–Kier alpha value is -1.66. The predicted molar refractivity (Wildman–Crippen MR) is 89.0 cm³/mol. The van der Waals surface area contributed by atoms with Gasteiger partial charge in [0.15, 0.2) is 0 Å². The molecule has 0 saturated carbocycles. The number of hydrogen-bond donors (Lipinski definition) is 2. The number of carbonyl (C=O) groups is 2. The standard InChI is InChI=1S/C15H15BrN2O2S/c1-3-9-8(2)21-15(12(9)13(17)19)18-14(20)10-6-4-5-7-11(10)16/h4-7H,3H2,1-2H3,(H2,17,19)(H,18,20). The van der Waals surface area contributed by atoms with Gasteiger partial charge in [-0.25, -0.2) is 0 Å². The van der Waals surface area contributed by atoms with Gasteiger partial charge in [0, 0.05) is 9.35 Å². The smallest absolute Gasteiger partial charge is 0.257 e. The highest BCUT2D eigenvalue weighted by atomic mass is 79.9. The van der Waals surface area contributed by atoms with Gasteiger partial charge in [0.05, 0.1) is 11.1 Å². The highest BCUT2D eigenvalue weighted by Crippen LogP contribution is 2.33. The number of rotatable bonds is 4. The number of halogens is 1. The lowest BCUT2D eigenvalue weighted by molar-refractivity contribution is 0.100. The Bertz CT molecular complexity index is 710. The fourth-order valence-electron chi connectivity index (χ4n) is 2.17. The van der Waals surface area contributed by atoms with E-state index < -0.39 is 5.91 Å². The monoisotopic (exact) mass is 366 g/mol. The van der Waals surface area contributed by atoms with Crippen molar-refractivity contribution in [1.82, 2.24) is 0 Å². The molecule has 0 aliphatic heterocycles. The molecule has 0 bridgehead atoms. The first kappa shape index (κ1) is 15.7. The topological polar surface area (TPSA) is 72.2 Å². The first-order valence-electron chi connectivity index (χ1n) is 6.43. The number of anilines is 1. The summed E-state index contributed by atoms with van der Waals surface area (Å²) in [5.41, 5.74) is 7.28. The van der Waals surface area contributed by atoms with Crippen LogP contribution in [-0.2, 0) is 6.42 Å². The van der Waals surface area contributed by atoms with E-state index in [1.807, 2.05) is 19.9 Å². The number of nitrogens with one attached hydrogen (secondary N) is 1. The Labute approximate surface area is 135 Å². The maximum Gasteiger partial charge on any atom is 0.257 e. The van der Waals surface area contributed by atoms with Gasteiger partial charge in [-0.3, -0.25) is 9.59 Å². The van der Waals surface area contributed by atoms with Crippen LogP contribution in [-0.4, -0.2) is 11.8 Å². The number of nitrogens with two attached hydrogens (primary N) is 1. The van der Waals surface area contributed by atoms with Crippen LogP contribution in [0.3, 0.4) is 0 Å². The molecule has 0 unspecified atom stereocenters. The second-order valence-corrected chi connectivity index (χ2v) is 6.57. The lowest BCUT2D eigenvalue weighted by Crippen LogP contribution is -2.18. The second-order valence-electron chi connectivity index (χ2n) is 4.49. The first-order chi connectivity index (χ1) is 9.95. The molecule has 2 amide bonds. The maximum atomic E-state index is 12.3. The highest BCUT2D eigenvalue weighted by molar-refractivity contribution is 9.10. The average Bonchev–Trinajstić information content (AvgIpc) is 2.74. The van der Waals surface area contributed by atoms with Crippen molar-refractivity contribution >= 4 is 44.1 Å². The molecular weight excluding hydrogens is 352 g/mol. The van der Waals surface area contributed by atoms with Gasteiger partial charge in [0.2, 0.25) is 0 Å². The lowest BCUT2D eigenvalue weighted by atomic mass is 10.1. The molecule has 2 aromatic rings. The number of carbonyl (C=O) groups excluding carboxylic acids is 2. The van der Waals surface area contributed by atoms with E-state index in [0.29, 0.717) is 27.0 Å². The van der Waals surface area contributed by atoms with E-state index in [2.05, 4.69) is 21.2 Å². The quantitative estimate of drug-likeness (QED) is 0.864. The van der Waals surface area contributed by atoms with Crippen LogP contribution in [0.2, 0.25) is 0 Å². The zero-order chi connectivity index (χ0) is 15.6. The summed E-state index contributed by atoms with van der Waals surface area (Å²) < 4.78 is 0.701. The number of benzene rings is 1. The molecule has 0 radical (unpaired) electrons. The molecule has 3 N–H and O–H groups in total. The Morgan fingerprint density at radius 1 is 1.33 bits per heavy atom. The maximum absolute atomic E-state index is 12.3. The van der Waals surface area contributed by atoms with Crippen LogP contribution in [0.25, 0.3) is 0 Å². The van der Waals surface area contributed by atoms with Gasteiger partial charge in [0.25, 0.3) is 11.8 Å². The summed E-state index contributed by atoms with van der Waals surface area (Å²) in [6.45, 7) is 3.88. The second kappa shape index (κ2) is 6.41. The summed E-state index contributed by atoms with van der Waals surface area (Å²) in [7, 11) is 0. The minimum Gasteiger partial charge on any atom is -0.365 e. The third-order valence-corrected chi connectivity index (χ3v) is 4.91. The average molecular weight is 367 g/mol. The molecule has 4 nitrogen and oxygen atoms in total. The van der Waals surface area contributed by atoms with Gasteiger partial charge in [-0.2, -0.15) is 0 Å². The summed E-state index contributed by atoms with van der Waals surface area (Å²) in [5.74, 6) is -0.785. The zero-order valence-electron chi connectivity index (χ0n) is 11.7. The van der Waals surface area contributed by atoms with Gasteiger partial charge < -0.3 is 11.1 Å². The van der Waals surface area contributed by atoms with E-state index in [1.54, 1.807) is 18.2 Å². The summed E-state index contributed by atoms with van der Waals surface area (Å²) in [6.07, 6.45) is 0.700. The highest BCUT2D eigenvalue weighted by Gasteiger charge is 2.21. The fraction of sp³-hybridized carbons (Fsp3) is 0.200. The van der Waals surface area contributed by atoms with E-state index in [0.717, 1.165) is 10.4 Å². The van der Waals surface area contributed by atoms with Crippen LogP contribution in [0.5, 0.6) is 0 Å². The van der Waals surface area contributed by atoms with Crippen molar-refractivity contribution in [3.63, 3.8) is 0 Å². The van der Waals surface area contributed by atoms with Crippen LogP contribution < -0.4 is 11.1 Å². The van der Waals surface area contributed by atoms with Gasteiger partial charge >= 0.3 is 0 Å². The summed E-state index contributed by atoms with van der Waals surface area (Å²) in [4.78, 5) is 25.0. The molecule has 110 valence electrons. The number of aryl methyl sites for hydroxylation is 1. The normalized spacial score (nSPS) is 10.4. The van der Waals surface area contributed by atoms with Crippen LogP contribution in [0, 0.1) is 6.92 Å².